The summed E-state index contributed by atoms with van der Waals surface area (Å²) < 4.78 is 5.40. The molecule has 0 saturated carbocycles. The van der Waals surface area contributed by atoms with Crippen molar-refractivity contribution in [1.29, 1.82) is 0 Å². The maximum absolute atomic E-state index is 11.8. The average Bonchev–Trinajstić information content (AvgIpc) is 2.64. The maximum Gasteiger partial charge on any atom is 0.315 e. The van der Waals surface area contributed by atoms with Crippen LogP contribution in [-0.4, -0.2) is 23.8 Å². The zero-order valence-electron chi connectivity index (χ0n) is 12.1. The molecule has 0 aliphatic heterocycles. The van der Waals surface area contributed by atoms with Crippen LogP contribution in [0.2, 0.25) is 0 Å². The maximum atomic E-state index is 11.8. The van der Waals surface area contributed by atoms with Crippen molar-refractivity contribution >= 4 is 6.03 Å². The Hall–Kier alpha value is -1.49. The Kier molecular flexibility index (Phi) is 5.89. The van der Waals surface area contributed by atoms with Crippen molar-refractivity contribution in [2.45, 2.75) is 46.7 Å². The number of carbonyl (C=O) groups excluding carboxylic acids is 1. The molecule has 0 radical (unpaired) electrons. The molecule has 1 aromatic rings. The number of urea groups is 1. The monoisotopic (exact) mass is 268 g/mol. The van der Waals surface area contributed by atoms with Crippen LogP contribution in [0.5, 0.6) is 0 Å². The molecule has 0 fully saturated rings. The minimum absolute atomic E-state index is 0.0165. The fourth-order valence-corrected chi connectivity index (χ4v) is 1.97. The van der Waals surface area contributed by atoms with E-state index >= 15 is 0 Å². The smallest absolute Gasteiger partial charge is 0.315 e. The van der Waals surface area contributed by atoms with Crippen molar-refractivity contribution in [1.82, 2.24) is 10.6 Å². The van der Waals surface area contributed by atoms with Crippen molar-refractivity contribution in [3.05, 3.63) is 23.2 Å². The topological polar surface area (TPSA) is 74.5 Å². The van der Waals surface area contributed by atoms with Gasteiger partial charge in [0.1, 0.15) is 11.5 Å². The first kappa shape index (κ1) is 15.6. The number of carbonyl (C=O) groups is 1. The molecular weight excluding hydrogens is 244 g/mol. The number of aliphatic hydroxyl groups is 1. The van der Waals surface area contributed by atoms with Crippen molar-refractivity contribution in [3.63, 3.8) is 0 Å². The van der Waals surface area contributed by atoms with Crippen molar-refractivity contribution in [3.8, 4) is 0 Å². The van der Waals surface area contributed by atoms with Crippen LogP contribution in [0.25, 0.3) is 0 Å². The van der Waals surface area contributed by atoms with Gasteiger partial charge in [-0.1, -0.05) is 13.8 Å². The van der Waals surface area contributed by atoms with E-state index in [2.05, 4.69) is 10.6 Å². The Balaban J connectivity index is 2.44. The highest BCUT2D eigenvalue weighted by molar-refractivity contribution is 5.74. The van der Waals surface area contributed by atoms with Gasteiger partial charge in [0, 0.05) is 24.8 Å². The standard InChI is InChI=1S/C14H24N2O3/c1-9(2)13(5-6-17)16-14(18)15-8-12-7-10(3)19-11(12)4/h7,9,13,17H,5-6,8H2,1-4H3,(H2,15,16,18). The predicted octanol–water partition coefficient (Wildman–Crippen LogP) is 2.10. The van der Waals surface area contributed by atoms with Gasteiger partial charge in [-0.3, -0.25) is 0 Å². The van der Waals surface area contributed by atoms with Crippen LogP contribution in [-0.2, 0) is 6.54 Å². The summed E-state index contributed by atoms with van der Waals surface area (Å²) >= 11 is 0. The van der Waals surface area contributed by atoms with E-state index in [1.54, 1.807) is 0 Å². The van der Waals surface area contributed by atoms with E-state index in [1.165, 1.54) is 0 Å². The van der Waals surface area contributed by atoms with Crippen molar-refractivity contribution in [2.24, 2.45) is 5.92 Å². The van der Waals surface area contributed by atoms with Gasteiger partial charge in [0.25, 0.3) is 0 Å². The Morgan fingerprint density at radius 2 is 2.11 bits per heavy atom. The summed E-state index contributed by atoms with van der Waals surface area (Å²) in [6, 6.07) is 1.69. The lowest BCUT2D eigenvalue weighted by molar-refractivity contribution is 0.218. The predicted molar refractivity (Wildman–Crippen MR) is 73.9 cm³/mol. The van der Waals surface area contributed by atoms with Crippen LogP contribution in [0.3, 0.4) is 0 Å². The Bertz CT molecular complexity index is 413. The molecule has 5 heteroatoms. The first-order chi connectivity index (χ1) is 8.93. The van der Waals surface area contributed by atoms with E-state index < -0.39 is 0 Å². The third kappa shape index (κ3) is 4.95. The molecule has 1 unspecified atom stereocenters. The molecule has 2 amide bonds. The van der Waals surface area contributed by atoms with E-state index in [0.717, 1.165) is 17.1 Å². The van der Waals surface area contributed by atoms with Gasteiger partial charge in [-0.2, -0.15) is 0 Å². The van der Waals surface area contributed by atoms with Gasteiger partial charge in [0.15, 0.2) is 0 Å². The number of aliphatic hydroxyl groups excluding tert-OH is 1. The van der Waals surface area contributed by atoms with Crippen LogP contribution < -0.4 is 10.6 Å². The first-order valence-electron chi connectivity index (χ1n) is 6.65. The zero-order chi connectivity index (χ0) is 14.4. The molecule has 0 aliphatic carbocycles. The average molecular weight is 268 g/mol. The molecule has 0 saturated heterocycles. The van der Waals surface area contributed by atoms with Crippen LogP contribution >= 0.6 is 0 Å². The Labute approximate surface area is 114 Å². The molecule has 108 valence electrons. The summed E-state index contributed by atoms with van der Waals surface area (Å²) in [5.74, 6) is 1.96. The normalized spacial score (nSPS) is 12.5. The lowest BCUT2D eigenvalue weighted by Crippen LogP contribution is -2.44. The number of hydrogen-bond donors (Lipinski definition) is 3. The van der Waals surface area contributed by atoms with Crippen molar-refractivity contribution < 1.29 is 14.3 Å². The zero-order valence-corrected chi connectivity index (χ0v) is 12.1. The lowest BCUT2D eigenvalue weighted by Gasteiger charge is -2.21. The summed E-state index contributed by atoms with van der Waals surface area (Å²) in [7, 11) is 0. The minimum atomic E-state index is -0.217. The fourth-order valence-electron chi connectivity index (χ4n) is 1.97. The van der Waals surface area contributed by atoms with Gasteiger partial charge in [-0.05, 0) is 32.3 Å². The second kappa shape index (κ2) is 7.19. The second-order valence-electron chi connectivity index (χ2n) is 5.13. The van der Waals surface area contributed by atoms with Crippen LogP contribution in [0.1, 0.15) is 37.4 Å². The van der Waals surface area contributed by atoms with Crippen molar-refractivity contribution in [2.75, 3.05) is 6.61 Å². The molecule has 1 atom stereocenters. The number of aryl methyl sites for hydroxylation is 2. The highest BCUT2D eigenvalue weighted by atomic mass is 16.3. The van der Waals surface area contributed by atoms with Crippen LogP contribution in [0.4, 0.5) is 4.79 Å². The Morgan fingerprint density at radius 1 is 1.42 bits per heavy atom. The van der Waals surface area contributed by atoms with Gasteiger partial charge in [-0.25, -0.2) is 4.79 Å². The lowest BCUT2D eigenvalue weighted by atomic mass is 10.0. The molecule has 5 nitrogen and oxygen atoms in total. The summed E-state index contributed by atoms with van der Waals surface area (Å²) in [6.07, 6.45) is 0.564. The SMILES string of the molecule is Cc1cc(CNC(=O)NC(CCO)C(C)C)c(C)o1. The van der Waals surface area contributed by atoms with E-state index in [1.807, 2.05) is 33.8 Å². The van der Waals surface area contributed by atoms with E-state index in [-0.39, 0.29) is 24.6 Å². The quantitative estimate of drug-likeness (QED) is 0.739. The molecule has 0 aromatic carbocycles. The van der Waals surface area contributed by atoms with Crippen LogP contribution in [0.15, 0.2) is 10.5 Å². The molecule has 1 heterocycles. The van der Waals surface area contributed by atoms with E-state index in [0.29, 0.717) is 13.0 Å². The van der Waals surface area contributed by atoms with Gasteiger partial charge in [0.2, 0.25) is 0 Å². The third-order valence-electron chi connectivity index (χ3n) is 3.14. The van der Waals surface area contributed by atoms with Gasteiger partial charge in [-0.15, -0.1) is 0 Å². The van der Waals surface area contributed by atoms with Gasteiger partial charge < -0.3 is 20.2 Å². The number of amides is 2. The van der Waals surface area contributed by atoms with Gasteiger partial charge in [0.05, 0.1) is 0 Å². The molecular formula is C14H24N2O3. The molecule has 19 heavy (non-hydrogen) atoms. The highest BCUT2D eigenvalue weighted by Crippen LogP contribution is 2.13. The summed E-state index contributed by atoms with van der Waals surface area (Å²) in [4.78, 5) is 11.8. The van der Waals surface area contributed by atoms with E-state index in [4.69, 9.17) is 9.52 Å². The molecule has 1 rings (SSSR count). The highest BCUT2D eigenvalue weighted by Gasteiger charge is 2.15. The molecule has 3 N–H and O–H groups in total. The largest absolute Gasteiger partial charge is 0.466 e. The number of nitrogens with one attached hydrogen (secondary N) is 2. The molecule has 0 aliphatic rings. The molecule has 0 spiro atoms. The van der Waals surface area contributed by atoms with Gasteiger partial charge >= 0.3 is 6.03 Å². The first-order valence-corrected chi connectivity index (χ1v) is 6.65. The fraction of sp³-hybridized carbons (Fsp3) is 0.643. The summed E-state index contributed by atoms with van der Waals surface area (Å²) in [5, 5.41) is 14.6. The second-order valence-corrected chi connectivity index (χ2v) is 5.13. The van der Waals surface area contributed by atoms with Crippen LogP contribution in [0, 0.1) is 19.8 Å². The van der Waals surface area contributed by atoms with E-state index in [9.17, 15) is 4.79 Å². The Morgan fingerprint density at radius 3 is 2.58 bits per heavy atom. The minimum Gasteiger partial charge on any atom is -0.466 e. The summed E-state index contributed by atoms with van der Waals surface area (Å²) in [6.45, 7) is 8.31. The summed E-state index contributed by atoms with van der Waals surface area (Å²) in [5.41, 5.74) is 0.982. The third-order valence-corrected chi connectivity index (χ3v) is 3.14. The number of furan rings is 1. The molecule has 0 bridgehead atoms. The number of rotatable bonds is 6. The molecule has 1 aromatic heterocycles. The number of hydrogen-bond acceptors (Lipinski definition) is 3.